The maximum absolute atomic E-state index is 12.9. The van der Waals surface area contributed by atoms with E-state index in [1.807, 2.05) is 34.1 Å². The predicted molar refractivity (Wildman–Crippen MR) is 109 cm³/mol. The second-order valence-electron chi connectivity index (χ2n) is 7.24. The molecule has 0 bridgehead atoms. The quantitative estimate of drug-likeness (QED) is 0.720. The number of rotatable bonds is 7. The molecular formula is C23H27FN2O3. The van der Waals surface area contributed by atoms with E-state index in [4.69, 9.17) is 4.74 Å². The molecule has 6 heteroatoms. The third-order valence-electron chi connectivity index (χ3n) is 5.31. The molecule has 0 N–H and O–H groups in total. The number of carbonyl (C=O) groups is 2. The summed E-state index contributed by atoms with van der Waals surface area (Å²) in [5.74, 6) is 0.743. The van der Waals surface area contributed by atoms with Crippen molar-refractivity contribution in [3.8, 4) is 5.75 Å². The summed E-state index contributed by atoms with van der Waals surface area (Å²) in [6.07, 6.45) is 2.15. The number of piperazine rings is 1. The molecule has 0 unspecified atom stereocenters. The number of benzene rings is 2. The van der Waals surface area contributed by atoms with E-state index in [2.05, 4.69) is 0 Å². The first-order chi connectivity index (χ1) is 14.0. The summed E-state index contributed by atoms with van der Waals surface area (Å²) in [7, 11) is 1.63. The second-order valence-corrected chi connectivity index (χ2v) is 7.24. The first-order valence-electron chi connectivity index (χ1n) is 9.98. The highest BCUT2D eigenvalue weighted by molar-refractivity contribution is 5.78. The minimum Gasteiger partial charge on any atom is -0.497 e. The van der Waals surface area contributed by atoms with Gasteiger partial charge >= 0.3 is 0 Å². The van der Waals surface area contributed by atoms with Gasteiger partial charge in [0, 0.05) is 39.0 Å². The first kappa shape index (κ1) is 20.8. The number of hydrogen-bond acceptors (Lipinski definition) is 3. The molecule has 5 nitrogen and oxygen atoms in total. The molecule has 0 aliphatic carbocycles. The molecule has 29 heavy (non-hydrogen) atoms. The number of amides is 2. The van der Waals surface area contributed by atoms with Crippen LogP contribution in [0, 0.1) is 5.82 Å². The van der Waals surface area contributed by atoms with Crippen LogP contribution in [0.5, 0.6) is 5.75 Å². The monoisotopic (exact) mass is 398 g/mol. The highest BCUT2D eigenvalue weighted by Crippen LogP contribution is 2.14. The number of nitrogens with zero attached hydrogens (tertiary/aromatic N) is 2. The van der Waals surface area contributed by atoms with Crippen molar-refractivity contribution in [3.05, 3.63) is 65.5 Å². The molecule has 1 heterocycles. The molecule has 2 aromatic rings. The molecule has 0 atom stereocenters. The Bertz CT molecular complexity index is 813. The van der Waals surface area contributed by atoms with Crippen LogP contribution in [0.25, 0.3) is 0 Å². The average Bonchev–Trinajstić information content (AvgIpc) is 2.77. The van der Waals surface area contributed by atoms with Crippen molar-refractivity contribution in [2.24, 2.45) is 0 Å². The lowest BCUT2D eigenvalue weighted by Crippen LogP contribution is -2.50. The van der Waals surface area contributed by atoms with E-state index in [1.54, 1.807) is 19.2 Å². The molecular weight excluding hydrogens is 371 g/mol. The van der Waals surface area contributed by atoms with E-state index in [9.17, 15) is 14.0 Å². The Labute approximate surface area is 171 Å². The SMILES string of the molecule is COc1ccc(CCC(=O)N2CCN(C(=O)CCc3ccc(F)cc3)CC2)cc1. The van der Waals surface area contributed by atoms with Gasteiger partial charge in [-0.2, -0.15) is 0 Å². The Balaban J connectivity index is 1.38. The number of halogens is 1. The Morgan fingerprint density at radius 1 is 0.793 bits per heavy atom. The number of aryl methyl sites for hydroxylation is 2. The lowest BCUT2D eigenvalue weighted by atomic mass is 10.1. The Morgan fingerprint density at radius 3 is 1.62 bits per heavy atom. The fraction of sp³-hybridized carbons (Fsp3) is 0.391. The maximum Gasteiger partial charge on any atom is 0.223 e. The Morgan fingerprint density at radius 2 is 1.21 bits per heavy atom. The zero-order chi connectivity index (χ0) is 20.6. The molecule has 1 saturated heterocycles. The van der Waals surface area contributed by atoms with Crippen LogP contribution in [0.3, 0.4) is 0 Å². The van der Waals surface area contributed by atoms with E-state index >= 15 is 0 Å². The molecule has 1 aliphatic rings. The van der Waals surface area contributed by atoms with Crippen LogP contribution in [0.15, 0.2) is 48.5 Å². The lowest BCUT2D eigenvalue weighted by Gasteiger charge is -2.35. The van der Waals surface area contributed by atoms with Crippen LogP contribution in [0.2, 0.25) is 0 Å². The van der Waals surface area contributed by atoms with Crippen LogP contribution in [-0.4, -0.2) is 54.9 Å². The van der Waals surface area contributed by atoms with Crippen LogP contribution in [-0.2, 0) is 22.4 Å². The minimum atomic E-state index is -0.271. The second kappa shape index (κ2) is 10.0. The lowest BCUT2D eigenvalue weighted by molar-refractivity contribution is -0.139. The van der Waals surface area contributed by atoms with E-state index in [0.717, 1.165) is 16.9 Å². The normalized spacial score (nSPS) is 14.0. The van der Waals surface area contributed by atoms with Crippen molar-refractivity contribution in [3.63, 3.8) is 0 Å². The molecule has 2 aromatic carbocycles. The van der Waals surface area contributed by atoms with Gasteiger partial charge in [0.05, 0.1) is 7.11 Å². The third kappa shape index (κ3) is 6.04. The molecule has 3 rings (SSSR count). The molecule has 1 aliphatic heterocycles. The number of carbonyl (C=O) groups excluding carboxylic acids is 2. The summed E-state index contributed by atoms with van der Waals surface area (Å²) in [6, 6.07) is 14.0. The number of methoxy groups -OCH3 is 1. The Hall–Kier alpha value is -2.89. The standard InChI is InChI=1S/C23H27FN2O3/c1-29-21-10-4-19(5-11-21)7-13-23(28)26-16-14-25(15-17-26)22(27)12-6-18-2-8-20(24)9-3-18/h2-5,8-11H,6-7,12-17H2,1H3. The zero-order valence-electron chi connectivity index (χ0n) is 16.8. The van der Waals surface area contributed by atoms with Crippen molar-refractivity contribution in [2.75, 3.05) is 33.3 Å². The molecule has 0 aromatic heterocycles. The van der Waals surface area contributed by atoms with Gasteiger partial charge in [0.1, 0.15) is 11.6 Å². The van der Waals surface area contributed by atoms with Crippen LogP contribution < -0.4 is 4.74 Å². The van der Waals surface area contributed by atoms with Gasteiger partial charge in [-0.15, -0.1) is 0 Å². The summed E-state index contributed by atoms with van der Waals surface area (Å²) in [6.45, 7) is 2.28. The van der Waals surface area contributed by atoms with E-state index in [-0.39, 0.29) is 17.6 Å². The maximum atomic E-state index is 12.9. The van der Waals surface area contributed by atoms with Crippen LogP contribution in [0.4, 0.5) is 4.39 Å². The highest BCUT2D eigenvalue weighted by Gasteiger charge is 2.23. The molecule has 1 fully saturated rings. The summed E-state index contributed by atoms with van der Waals surface area (Å²) >= 11 is 0. The van der Waals surface area contributed by atoms with E-state index in [1.165, 1.54) is 12.1 Å². The molecule has 0 spiro atoms. The van der Waals surface area contributed by atoms with Crippen molar-refractivity contribution in [1.82, 2.24) is 9.80 Å². The fourth-order valence-corrected chi connectivity index (χ4v) is 3.47. The van der Waals surface area contributed by atoms with E-state index in [0.29, 0.717) is 51.9 Å². The van der Waals surface area contributed by atoms with Gasteiger partial charge in [-0.1, -0.05) is 24.3 Å². The smallest absolute Gasteiger partial charge is 0.223 e. The summed E-state index contributed by atoms with van der Waals surface area (Å²) in [5.41, 5.74) is 2.06. The van der Waals surface area contributed by atoms with Gasteiger partial charge in [0.2, 0.25) is 11.8 Å². The van der Waals surface area contributed by atoms with Crippen molar-refractivity contribution >= 4 is 11.8 Å². The van der Waals surface area contributed by atoms with Crippen LogP contribution >= 0.6 is 0 Å². The molecule has 154 valence electrons. The molecule has 0 saturated carbocycles. The summed E-state index contributed by atoms with van der Waals surface area (Å²) < 4.78 is 18.1. The summed E-state index contributed by atoms with van der Waals surface area (Å²) in [5, 5.41) is 0. The van der Waals surface area contributed by atoms with Crippen molar-refractivity contribution in [1.29, 1.82) is 0 Å². The van der Waals surface area contributed by atoms with Crippen molar-refractivity contribution < 1.29 is 18.7 Å². The van der Waals surface area contributed by atoms with Gasteiger partial charge < -0.3 is 14.5 Å². The van der Waals surface area contributed by atoms with Crippen LogP contribution in [0.1, 0.15) is 24.0 Å². The predicted octanol–water partition coefficient (Wildman–Crippen LogP) is 3.07. The minimum absolute atomic E-state index is 0.0830. The number of hydrogen-bond donors (Lipinski definition) is 0. The Kier molecular flexibility index (Phi) is 7.22. The molecule has 2 amide bonds. The summed E-state index contributed by atoms with van der Waals surface area (Å²) in [4.78, 5) is 28.5. The highest BCUT2D eigenvalue weighted by atomic mass is 19.1. The van der Waals surface area contributed by atoms with Gasteiger partial charge in [-0.05, 0) is 48.2 Å². The van der Waals surface area contributed by atoms with Gasteiger partial charge in [0.15, 0.2) is 0 Å². The van der Waals surface area contributed by atoms with Gasteiger partial charge in [0.25, 0.3) is 0 Å². The number of ether oxygens (including phenoxy) is 1. The van der Waals surface area contributed by atoms with Crippen molar-refractivity contribution in [2.45, 2.75) is 25.7 Å². The largest absolute Gasteiger partial charge is 0.497 e. The topological polar surface area (TPSA) is 49.9 Å². The van der Waals surface area contributed by atoms with Gasteiger partial charge in [-0.3, -0.25) is 9.59 Å². The fourth-order valence-electron chi connectivity index (χ4n) is 3.47. The molecule has 0 radical (unpaired) electrons. The zero-order valence-corrected chi connectivity index (χ0v) is 16.8. The average molecular weight is 398 g/mol. The third-order valence-corrected chi connectivity index (χ3v) is 5.31. The van der Waals surface area contributed by atoms with E-state index < -0.39 is 0 Å². The van der Waals surface area contributed by atoms with Gasteiger partial charge in [-0.25, -0.2) is 4.39 Å². The first-order valence-corrected chi connectivity index (χ1v) is 9.98.